The van der Waals surface area contributed by atoms with Crippen molar-refractivity contribution in [3.63, 3.8) is 0 Å². The minimum absolute atomic E-state index is 0.0327. The van der Waals surface area contributed by atoms with E-state index in [4.69, 9.17) is 22.1 Å². The van der Waals surface area contributed by atoms with Crippen molar-refractivity contribution in [1.82, 2.24) is 0 Å². The van der Waals surface area contributed by atoms with Crippen LogP contribution in [0.2, 0.25) is 0 Å². The lowest BCUT2D eigenvalue weighted by atomic mass is 9.79. The first kappa shape index (κ1) is 20.7. The fourth-order valence-corrected chi connectivity index (χ4v) is 4.92. The molecule has 0 aliphatic heterocycles. The number of nitrogens with two attached hydrogens (primary N) is 1. The van der Waals surface area contributed by atoms with E-state index in [0.717, 1.165) is 32.1 Å². The zero-order valence-electron chi connectivity index (χ0n) is 17.0. The van der Waals surface area contributed by atoms with Crippen LogP contribution in [0, 0.1) is 11.8 Å². The average Bonchev–Trinajstić information content (AvgIpc) is 2.74. The molecule has 3 N–H and O–H groups in total. The van der Waals surface area contributed by atoms with Gasteiger partial charge in [-0.3, -0.25) is 9.59 Å². The van der Waals surface area contributed by atoms with Crippen molar-refractivity contribution >= 4 is 28.9 Å². The molecule has 1 saturated carbocycles. The van der Waals surface area contributed by atoms with Gasteiger partial charge in [0.25, 0.3) is 0 Å². The van der Waals surface area contributed by atoms with Crippen LogP contribution in [0.25, 0.3) is 0 Å². The Hall–Kier alpha value is -2.53. The summed E-state index contributed by atoms with van der Waals surface area (Å²) in [5, 5.41) is 10.7. The molecule has 0 amide bonds. The highest BCUT2D eigenvalue weighted by Gasteiger charge is 2.35. The van der Waals surface area contributed by atoms with Crippen molar-refractivity contribution in [2.45, 2.75) is 44.4 Å². The third-order valence-electron chi connectivity index (χ3n) is 6.50. The minimum atomic E-state index is -0.402. The van der Waals surface area contributed by atoms with Crippen molar-refractivity contribution in [3.05, 3.63) is 52.6 Å². The second-order valence-corrected chi connectivity index (χ2v) is 9.05. The molecule has 2 aromatic rings. The second kappa shape index (κ2) is 8.31. The van der Waals surface area contributed by atoms with Gasteiger partial charge in [0.05, 0.1) is 23.4 Å². The summed E-state index contributed by atoms with van der Waals surface area (Å²) in [6.07, 6.45) is 5.39. The number of halogens is 1. The van der Waals surface area contributed by atoms with E-state index in [0.29, 0.717) is 24.0 Å². The first-order valence-corrected chi connectivity index (χ1v) is 10.9. The Bertz CT molecular complexity index is 993. The molecule has 2 aromatic carbocycles. The molecule has 1 atom stereocenters. The van der Waals surface area contributed by atoms with E-state index in [1.807, 2.05) is 0 Å². The van der Waals surface area contributed by atoms with Crippen molar-refractivity contribution in [2.75, 3.05) is 12.3 Å². The van der Waals surface area contributed by atoms with Gasteiger partial charge in [-0.2, -0.15) is 0 Å². The number of carbonyl (C=O) groups excluding carboxylic acids is 2. The number of alkyl halides is 1. The maximum absolute atomic E-state index is 13.0. The number of anilines is 1. The van der Waals surface area contributed by atoms with Gasteiger partial charge < -0.3 is 15.6 Å². The number of hydrogen-bond donors (Lipinski definition) is 2. The molecule has 0 heterocycles. The van der Waals surface area contributed by atoms with Crippen LogP contribution in [0.5, 0.6) is 11.5 Å². The van der Waals surface area contributed by atoms with Gasteiger partial charge in [-0.15, -0.1) is 11.6 Å². The maximum atomic E-state index is 13.0. The van der Waals surface area contributed by atoms with Gasteiger partial charge in [-0.05, 0) is 38.0 Å². The molecule has 158 valence electrons. The smallest absolute Gasteiger partial charge is 0.198 e. The number of phenolic OH excluding ortho intramolecular Hbond substituents is 1. The van der Waals surface area contributed by atoms with E-state index in [1.165, 1.54) is 6.07 Å². The first-order chi connectivity index (χ1) is 14.4. The van der Waals surface area contributed by atoms with Gasteiger partial charge in [-0.25, -0.2) is 0 Å². The van der Waals surface area contributed by atoms with Gasteiger partial charge >= 0.3 is 0 Å². The van der Waals surface area contributed by atoms with Gasteiger partial charge in [0.2, 0.25) is 0 Å². The van der Waals surface area contributed by atoms with E-state index >= 15 is 0 Å². The summed E-state index contributed by atoms with van der Waals surface area (Å²) in [5.41, 5.74) is 6.90. The number of nitrogen functional groups attached to an aromatic ring is 1. The lowest BCUT2D eigenvalue weighted by Crippen LogP contribution is -2.23. The summed E-state index contributed by atoms with van der Waals surface area (Å²) in [7, 11) is 0. The van der Waals surface area contributed by atoms with E-state index in [2.05, 4.69) is 6.92 Å². The Morgan fingerprint density at radius 3 is 2.30 bits per heavy atom. The number of hydrogen-bond acceptors (Lipinski definition) is 5. The molecule has 2 aliphatic rings. The number of phenols is 1. The minimum Gasteiger partial charge on any atom is -0.507 e. The van der Waals surface area contributed by atoms with E-state index in [-0.39, 0.29) is 45.0 Å². The van der Waals surface area contributed by atoms with Crippen LogP contribution < -0.4 is 10.5 Å². The average molecular weight is 428 g/mol. The van der Waals surface area contributed by atoms with E-state index in [1.54, 1.807) is 24.3 Å². The van der Waals surface area contributed by atoms with Crippen LogP contribution in [-0.2, 0) is 0 Å². The molecule has 0 spiro atoms. The molecular formula is C24H26ClNO4. The Morgan fingerprint density at radius 2 is 1.70 bits per heavy atom. The number of aromatic hydroxyl groups is 1. The molecular weight excluding hydrogens is 402 g/mol. The largest absolute Gasteiger partial charge is 0.507 e. The molecule has 0 saturated heterocycles. The van der Waals surface area contributed by atoms with Crippen LogP contribution in [0.4, 0.5) is 5.69 Å². The summed E-state index contributed by atoms with van der Waals surface area (Å²) in [6.45, 7) is 2.50. The fourth-order valence-electron chi connectivity index (χ4n) is 4.67. The quantitative estimate of drug-likeness (QED) is 0.341. The van der Waals surface area contributed by atoms with Gasteiger partial charge in [-0.1, -0.05) is 37.1 Å². The Kier molecular flexibility index (Phi) is 5.74. The predicted molar refractivity (Wildman–Crippen MR) is 117 cm³/mol. The molecule has 2 aliphatic carbocycles. The predicted octanol–water partition coefficient (Wildman–Crippen LogP) is 4.95. The number of carbonyl (C=O) groups is 2. The second-order valence-electron chi connectivity index (χ2n) is 8.36. The number of ether oxygens (including phenoxy) is 1. The zero-order valence-corrected chi connectivity index (χ0v) is 17.7. The van der Waals surface area contributed by atoms with E-state index < -0.39 is 5.78 Å². The molecule has 6 heteroatoms. The SMILES string of the molecule is CC(Cl)C1CCC(CCOc2cc(O)c3c(c2N)C(=O)c2ccccc2C3=O)CC1. The lowest BCUT2D eigenvalue weighted by molar-refractivity contribution is 0.0977. The number of benzene rings is 2. The number of ketones is 2. The standard InChI is InChI=1S/C24H26ClNO4/c1-13(25)15-8-6-14(7-9-15)10-11-30-19-12-18(27)20-21(22(19)26)24(29)17-5-3-2-4-16(17)23(20)28/h2-5,12-15,27H,6-11,26H2,1H3. The summed E-state index contributed by atoms with van der Waals surface area (Å²) in [5.74, 6) is 0.351. The van der Waals surface area contributed by atoms with Gasteiger partial charge in [0.15, 0.2) is 11.6 Å². The zero-order chi connectivity index (χ0) is 21.4. The van der Waals surface area contributed by atoms with Crippen molar-refractivity contribution < 1.29 is 19.4 Å². The fraction of sp³-hybridized carbons (Fsp3) is 0.417. The molecule has 0 radical (unpaired) electrons. The molecule has 0 bridgehead atoms. The van der Waals surface area contributed by atoms with E-state index in [9.17, 15) is 14.7 Å². The van der Waals surface area contributed by atoms with Crippen molar-refractivity contribution in [1.29, 1.82) is 0 Å². The third kappa shape index (κ3) is 3.67. The normalized spacial score (nSPS) is 21.7. The molecule has 30 heavy (non-hydrogen) atoms. The first-order valence-electron chi connectivity index (χ1n) is 10.5. The number of fused-ring (bicyclic) bond motifs is 2. The van der Waals surface area contributed by atoms with Gasteiger partial charge in [0, 0.05) is 22.6 Å². The molecule has 5 nitrogen and oxygen atoms in total. The Balaban J connectivity index is 1.49. The molecule has 4 rings (SSSR count). The molecule has 0 aromatic heterocycles. The summed E-state index contributed by atoms with van der Waals surface area (Å²) < 4.78 is 5.86. The van der Waals surface area contributed by atoms with Crippen molar-refractivity contribution in [2.24, 2.45) is 11.8 Å². The lowest BCUT2D eigenvalue weighted by Gasteiger charge is -2.30. The summed E-state index contributed by atoms with van der Waals surface area (Å²) in [6, 6.07) is 7.91. The maximum Gasteiger partial charge on any atom is 0.198 e. The topological polar surface area (TPSA) is 89.6 Å². The number of rotatable bonds is 5. The van der Waals surface area contributed by atoms with Crippen LogP contribution >= 0.6 is 11.6 Å². The third-order valence-corrected chi connectivity index (χ3v) is 6.86. The Morgan fingerprint density at radius 1 is 1.10 bits per heavy atom. The monoisotopic (exact) mass is 427 g/mol. The van der Waals surface area contributed by atoms with Crippen LogP contribution in [-0.4, -0.2) is 28.7 Å². The molecule has 1 unspecified atom stereocenters. The highest BCUT2D eigenvalue weighted by molar-refractivity contribution is 6.31. The van der Waals surface area contributed by atoms with Gasteiger partial charge in [0.1, 0.15) is 11.5 Å². The van der Waals surface area contributed by atoms with Crippen LogP contribution in [0.1, 0.15) is 70.9 Å². The van der Waals surface area contributed by atoms with Crippen molar-refractivity contribution in [3.8, 4) is 11.5 Å². The Labute approximate surface area is 181 Å². The van der Waals surface area contributed by atoms with Crippen LogP contribution in [0.15, 0.2) is 30.3 Å². The highest BCUT2D eigenvalue weighted by atomic mass is 35.5. The summed E-state index contributed by atoms with van der Waals surface area (Å²) >= 11 is 6.22. The molecule has 1 fully saturated rings. The summed E-state index contributed by atoms with van der Waals surface area (Å²) in [4.78, 5) is 25.8. The van der Waals surface area contributed by atoms with Crippen LogP contribution in [0.3, 0.4) is 0 Å². The highest BCUT2D eigenvalue weighted by Crippen LogP contribution is 2.41.